The first-order valence-electron chi connectivity index (χ1n) is 12.4. The summed E-state index contributed by atoms with van der Waals surface area (Å²) in [6, 6.07) is 16.7. The van der Waals surface area contributed by atoms with Gasteiger partial charge in [0.15, 0.2) is 6.61 Å². The van der Waals surface area contributed by atoms with E-state index < -0.39 is 22.6 Å². The Morgan fingerprint density at radius 1 is 1.08 bits per heavy atom. The molecule has 0 saturated heterocycles. The lowest BCUT2D eigenvalue weighted by atomic mass is 9.87. The third-order valence-corrected chi connectivity index (χ3v) is 8.69. The first-order valence-corrected chi connectivity index (χ1v) is 13.8. The molecule has 8 heteroatoms. The van der Waals surface area contributed by atoms with E-state index in [0.29, 0.717) is 24.3 Å². The molecule has 0 aliphatic carbocycles. The van der Waals surface area contributed by atoms with Crippen LogP contribution in [-0.2, 0) is 21.2 Å². The standard InChI is InChI=1S/C29H33NO6S/c1-6-20-14-22(21-7-9-23(35-5)10-8-21)15-25-26(18(2)3)16-30(29(20)25)37(33,34)24-11-12-27(19(4)13-24)36-17-28(31)32/h7-15,18,26H,6,16-17H2,1-5H3,(H,31,32). The molecule has 3 aromatic rings. The molecular formula is C29H33NO6S. The maximum Gasteiger partial charge on any atom is 0.341 e. The maximum absolute atomic E-state index is 14.0. The van der Waals surface area contributed by atoms with Gasteiger partial charge in [0, 0.05) is 12.5 Å². The Balaban J connectivity index is 1.79. The minimum atomic E-state index is -3.86. The van der Waals surface area contributed by atoms with E-state index in [1.807, 2.05) is 31.2 Å². The van der Waals surface area contributed by atoms with Gasteiger partial charge < -0.3 is 14.6 Å². The fraction of sp³-hybridized carbons (Fsp3) is 0.345. The van der Waals surface area contributed by atoms with Gasteiger partial charge in [-0.3, -0.25) is 4.31 Å². The van der Waals surface area contributed by atoms with Crippen molar-refractivity contribution in [3.63, 3.8) is 0 Å². The third-order valence-electron chi connectivity index (χ3n) is 6.92. The highest BCUT2D eigenvalue weighted by atomic mass is 32.2. The number of aryl methyl sites for hydroxylation is 2. The van der Waals surface area contributed by atoms with Gasteiger partial charge in [0.2, 0.25) is 0 Å². The van der Waals surface area contributed by atoms with Crippen LogP contribution in [0.25, 0.3) is 11.1 Å². The Morgan fingerprint density at radius 2 is 1.78 bits per heavy atom. The van der Waals surface area contributed by atoms with E-state index in [-0.39, 0.29) is 16.7 Å². The molecule has 1 heterocycles. The largest absolute Gasteiger partial charge is 0.497 e. The molecule has 1 N–H and O–H groups in total. The van der Waals surface area contributed by atoms with Crippen molar-refractivity contribution in [1.29, 1.82) is 0 Å². The zero-order valence-corrected chi connectivity index (χ0v) is 22.6. The summed E-state index contributed by atoms with van der Waals surface area (Å²) in [5, 5.41) is 8.89. The van der Waals surface area contributed by atoms with Gasteiger partial charge in [0.1, 0.15) is 11.5 Å². The van der Waals surface area contributed by atoms with Crippen LogP contribution in [-0.4, -0.2) is 39.8 Å². The van der Waals surface area contributed by atoms with Crippen molar-refractivity contribution in [1.82, 2.24) is 0 Å². The number of anilines is 1. The van der Waals surface area contributed by atoms with Crippen LogP contribution in [0.5, 0.6) is 11.5 Å². The van der Waals surface area contributed by atoms with Crippen molar-refractivity contribution >= 4 is 21.7 Å². The molecule has 0 radical (unpaired) electrons. The van der Waals surface area contributed by atoms with Crippen LogP contribution in [0.4, 0.5) is 5.69 Å². The minimum absolute atomic E-state index is 0.0487. The van der Waals surface area contributed by atoms with E-state index in [0.717, 1.165) is 33.7 Å². The molecule has 0 aromatic heterocycles. The second-order valence-corrected chi connectivity index (χ2v) is 11.5. The van der Waals surface area contributed by atoms with Crippen molar-refractivity contribution < 1.29 is 27.8 Å². The maximum atomic E-state index is 14.0. The number of rotatable bonds is 9. The summed E-state index contributed by atoms with van der Waals surface area (Å²) in [5.74, 6) is 0.329. The van der Waals surface area contributed by atoms with E-state index in [1.54, 1.807) is 24.4 Å². The topological polar surface area (TPSA) is 93.1 Å². The highest BCUT2D eigenvalue weighted by Crippen LogP contribution is 2.47. The van der Waals surface area contributed by atoms with Crippen LogP contribution in [0.15, 0.2) is 59.5 Å². The van der Waals surface area contributed by atoms with E-state index in [4.69, 9.17) is 14.6 Å². The molecule has 0 saturated carbocycles. The van der Waals surface area contributed by atoms with E-state index in [1.165, 1.54) is 12.1 Å². The van der Waals surface area contributed by atoms with Crippen LogP contribution >= 0.6 is 0 Å². The zero-order valence-electron chi connectivity index (χ0n) is 21.8. The lowest BCUT2D eigenvalue weighted by molar-refractivity contribution is -0.139. The average molecular weight is 524 g/mol. The lowest BCUT2D eigenvalue weighted by Crippen LogP contribution is -2.31. The summed E-state index contributed by atoms with van der Waals surface area (Å²) in [4.78, 5) is 11.0. The van der Waals surface area contributed by atoms with Crippen molar-refractivity contribution in [2.75, 3.05) is 24.6 Å². The number of carboxylic acids is 1. The molecule has 0 amide bonds. The number of aliphatic carboxylic acids is 1. The summed E-state index contributed by atoms with van der Waals surface area (Å²) < 4.78 is 40.1. The summed E-state index contributed by atoms with van der Waals surface area (Å²) in [5.41, 5.74) is 5.46. The van der Waals surface area contributed by atoms with E-state index >= 15 is 0 Å². The van der Waals surface area contributed by atoms with Crippen LogP contribution in [0.2, 0.25) is 0 Å². The molecular weight excluding hydrogens is 490 g/mol. The van der Waals surface area contributed by atoms with Crippen LogP contribution < -0.4 is 13.8 Å². The first kappa shape index (κ1) is 26.5. The number of fused-ring (bicyclic) bond motifs is 1. The summed E-state index contributed by atoms with van der Waals surface area (Å²) >= 11 is 0. The molecule has 1 aliphatic heterocycles. The number of carbonyl (C=O) groups is 1. The van der Waals surface area contributed by atoms with Crippen LogP contribution in [0.3, 0.4) is 0 Å². The Bertz CT molecular complexity index is 1410. The van der Waals surface area contributed by atoms with E-state index in [2.05, 4.69) is 26.0 Å². The van der Waals surface area contributed by atoms with Crippen LogP contribution in [0, 0.1) is 12.8 Å². The quantitative estimate of drug-likeness (QED) is 0.390. The van der Waals surface area contributed by atoms with Gasteiger partial charge in [-0.2, -0.15) is 0 Å². The van der Waals surface area contributed by atoms with Gasteiger partial charge in [-0.15, -0.1) is 0 Å². The molecule has 37 heavy (non-hydrogen) atoms. The van der Waals surface area contributed by atoms with Gasteiger partial charge in [0.25, 0.3) is 10.0 Å². The first-order chi connectivity index (χ1) is 17.6. The van der Waals surface area contributed by atoms with Crippen molar-refractivity contribution in [3.05, 3.63) is 71.3 Å². The number of sulfonamides is 1. The van der Waals surface area contributed by atoms with Gasteiger partial charge >= 0.3 is 5.97 Å². The van der Waals surface area contributed by atoms with Gasteiger partial charge in [0.05, 0.1) is 17.7 Å². The number of ether oxygens (including phenoxy) is 2. The van der Waals surface area contributed by atoms with Crippen molar-refractivity contribution in [3.8, 4) is 22.6 Å². The monoisotopic (exact) mass is 523 g/mol. The lowest BCUT2D eigenvalue weighted by Gasteiger charge is -2.23. The normalized spacial score (nSPS) is 15.1. The second-order valence-electron chi connectivity index (χ2n) is 9.65. The number of nitrogens with zero attached hydrogens (tertiary/aromatic N) is 1. The molecule has 196 valence electrons. The Kier molecular flexibility index (Phi) is 7.50. The second kappa shape index (κ2) is 10.5. The molecule has 0 spiro atoms. The Morgan fingerprint density at radius 3 is 2.35 bits per heavy atom. The predicted molar refractivity (Wildman–Crippen MR) is 144 cm³/mol. The SMILES string of the molecule is CCc1cc(-c2ccc(OC)cc2)cc2c1N(S(=O)(=O)c1ccc(OCC(=O)O)c(C)c1)CC2C(C)C. The number of hydrogen-bond acceptors (Lipinski definition) is 5. The number of benzene rings is 3. The molecule has 0 bridgehead atoms. The average Bonchev–Trinajstić information content (AvgIpc) is 3.28. The smallest absolute Gasteiger partial charge is 0.341 e. The minimum Gasteiger partial charge on any atom is -0.497 e. The van der Waals surface area contributed by atoms with Gasteiger partial charge in [-0.05, 0) is 89.5 Å². The fourth-order valence-electron chi connectivity index (χ4n) is 4.89. The molecule has 1 aliphatic rings. The summed E-state index contributed by atoms with van der Waals surface area (Å²) in [6.07, 6.45) is 0.685. The van der Waals surface area contributed by atoms with Gasteiger partial charge in [-0.1, -0.05) is 32.9 Å². The van der Waals surface area contributed by atoms with Crippen LogP contribution in [0.1, 0.15) is 43.4 Å². The summed E-state index contributed by atoms with van der Waals surface area (Å²) in [7, 11) is -2.22. The Hall–Kier alpha value is -3.52. The number of carboxylic acid groups (broad SMARTS) is 1. The molecule has 4 rings (SSSR count). The summed E-state index contributed by atoms with van der Waals surface area (Å²) in [6.45, 7) is 7.87. The van der Waals surface area contributed by atoms with E-state index in [9.17, 15) is 13.2 Å². The van der Waals surface area contributed by atoms with Crippen molar-refractivity contribution in [2.45, 2.75) is 44.9 Å². The molecule has 3 aromatic carbocycles. The molecule has 0 fully saturated rings. The van der Waals surface area contributed by atoms with Crippen molar-refractivity contribution in [2.24, 2.45) is 5.92 Å². The molecule has 7 nitrogen and oxygen atoms in total. The molecule has 1 unspecified atom stereocenters. The molecule has 1 atom stereocenters. The number of hydrogen-bond donors (Lipinski definition) is 1. The third kappa shape index (κ3) is 5.16. The highest BCUT2D eigenvalue weighted by Gasteiger charge is 2.39. The zero-order chi connectivity index (χ0) is 26.9. The Labute approximate surface area is 218 Å². The number of methoxy groups -OCH3 is 1. The fourth-order valence-corrected chi connectivity index (χ4v) is 6.53. The highest BCUT2D eigenvalue weighted by molar-refractivity contribution is 7.92. The predicted octanol–water partition coefficient (Wildman–Crippen LogP) is 5.64. The van der Waals surface area contributed by atoms with Gasteiger partial charge in [-0.25, -0.2) is 13.2 Å².